The molecule has 0 spiro atoms. The van der Waals surface area contributed by atoms with E-state index in [9.17, 15) is 4.79 Å². The maximum atomic E-state index is 12.0. The first-order chi connectivity index (χ1) is 9.06. The van der Waals surface area contributed by atoms with Gasteiger partial charge >= 0.3 is 0 Å². The molecule has 0 saturated carbocycles. The number of ether oxygens (including phenoxy) is 1. The van der Waals surface area contributed by atoms with E-state index in [1.165, 1.54) is 0 Å². The van der Waals surface area contributed by atoms with Crippen molar-refractivity contribution in [2.75, 3.05) is 39.0 Å². The van der Waals surface area contributed by atoms with Crippen LogP contribution in [-0.2, 0) is 4.79 Å². The maximum Gasteiger partial charge on any atom is 0.260 e. The number of nitrogen functional groups attached to an aromatic ring is 1. The molecule has 1 unspecified atom stereocenters. The monoisotopic (exact) mass is 263 g/mol. The Bertz CT molecular complexity index is 433. The molecule has 1 aromatic rings. The van der Waals surface area contributed by atoms with Crippen LogP contribution in [0.5, 0.6) is 5.75 Å². The predicted octanol–water partition coefficient (Wildman–Crippen LogP) is 0.810. The summed E-state index contributed by atoms with van der Waals surface area (Å²) in [6.07, 6.45) is 0. The van der Waals surface area contributed by atoms with Gasteiger partial charge in [-0.15, -0.1) is 0 Å². The maximum absolute atomic E-state index is 12.0. The molecular formula is C14H21N3O2. The number of likely N-dealkylation sites (N-methyl/N-ethyl adjacent to an activating group) is 1. The molecule has 1 fully saturated rings. The van der Waals surface area contributed by atoms with Crippen LogP contribution < -0.4 is 10.5 Å². The lowest BCUT2D eigenvalue weighted by atomic mass is 10.2. The third kappa shape index (κ3) is 3.61. The van der Waals surface area contributed by atoms with Gasteiger partial charge < -0.3 is 20.3 Å². The van der Waals surface area contributed by atoms with Gasteiger partial charge in [-0.3, -0.25) is 4.79 Å². The molecule has 0 bridgehead atoms. The van der Waals surface area contributed by atoms with Gasteiger partial charge in [0, 0.05) is 31.4 Å². The summed E-state index contributed by atoms with van der Waals surface area (Å²) in [4.78, 5) is 16.2. The number of amides is 1. The van der Waals surface area contributed by atoms with Crippen LogP contribution in [0, 0.1) is 0 Å². The van der Waals surface area contributed by atoms with E-state index in [1.54, 1.807) is 24.3 Å². The van der Waals surface area contributed by atoms with Crippen LogP contribution in [0.25, 0.3) is 0 Å². The largest absolute Gasteiger partial charge is 0.484 e. The van der Waals surface area contributed by atoms with Crippen molar-refractivity contribution in [2.45, 2.75) is 13.0 Å². The molecule has 0 aromatic heterocycles. The van der Waals surface area contributed by atoms with Crippen molar-refractivity contribution in [1.29, 1.82) is 0 Å². The van der Waals surface area contributed by atoms with Gasteiger partial charge in [-0.1, -0.05) is 0 Å². The summed E-state index contributed by atoms with van der Waals surface area (Å²) in [7, 11) is 2.08. The Kier molecular flexibility index (Phi) is 4.27. The minimum atomic E-state index is 0.0387. The summed E-state index contributed by atoms with van der Waals surface area (Å²) in [6, 6.07) is 7.47. The van der Waals surface area contributed by atoms with Crippen molar-refractivity contribution in [3.63, 3.8) is 0 Å². The van der Waals surface area contributed by atoms with E-state index in [2.05, 4.69) is 18.9 Å². The molecule has 2 rings (SSSR count). The quantitative estimate of drug-likeness (QED) is 0.820. The number of benzene rings is 1. The zero-order valence-electron chi connectivity index (χ0n) is 11.5. The van der Waals surface area contributed by atoms with Crippen LogP contribution in [0.4, 0.5) is 5.69 Å². The second kappa shape index (κ2) is 5.93. The molecule has 19 heavy (non-hydrogen) atoms. The molecule has 2 N–H and O–H groups in total. The van der Waals surface area contributed by atoms with Gasteiger partial charge in [-0.25, -0.2) is 0 Å². The topological polar surface area (TPSA) is 58.8 Å². The normalized spacial score (nSPS) is 20.3. The van der Waals surface area contributed by atoms with Gasteiger partial charge in [-0.05, 0) is 38.2 Å². The third-order valence-corrected chi connectivity index (χ3v) is 3.55. The van der Waals surface area contributed by atoms with E-state index in [-0.39, 0.29) is 12.5 Å². The number of rotatable bonds is 3. The zero-order chi connectivity index (χ0) is 13.8. The van der Waals surface area contributed by atoms with Gasteiger partial charge in [-0.2, -0.15) is 0 Å². The molecule has 1 aliphatic heterocycles. The summed E-state index contributed by atoms with van der Waals surface area (Å²) >= 11 is 0. The van der Waals surface area contributed by atoms with Crippen LogP contribution in [0.1, 0.15) is 6.92 Å². The van der Waals surface area contributed by atoms with Crippen LogP contribution in [0.3, 0.4) is 0 Å². The number of anilines is 1. The van der Waals surface area contributed by atoms with Crippen molar-refractivity contribution >= 4 is 11.6 Å². The Morgan fingerprint density at radius 2 is 2.05 bits per heavy atom. The lowest BCUT2D eigenvalue weighted by Gasteiger charge is -2.37. The van der Waals surface area contributed by atoms with E-state index in [0.717, 1.165) is 19.6 Å². The van der Waals surface area contributed by atoms with Crippen molar-refractivity contribution in [3.05, 3.63) is 24.3 Å². The molecule has 0 radical (unpaired) electrons. The van der Waals surface area contributed by atoms with Gasteiger partial charge in [0.2, 0.25) is 0 Å². The molecule has 1 saturated heterocycles. The lowest BCUT2D eigenvalue weighted by Crippen LogP contribution is -2.53. The SMILES string of the molecule is CC1CN(C(=O)COc2ccc(N)cc2)CCN1C. The Hall–Kier alpha value is -1.75. The van der Waals surface area contributed by atoms with E-state index in [4.69, 9.17) is 10.5 Å². The molecule has 1 heterocycles. The Morgan fingerprint density at radius 3 is 2.68 bits per heavy atom. The summed E-state index contributed by atoms with van der Waals surface area (Å²) in [5.41, 5.74) is 6.28. The van der Waals surface area contributed by atoms with E-state index < -0.39 is 0 Å². The van der Waals surface area contributed by atoms with Gasteiger partial charge in [0.15, 0.2) is 6.61 Å². The highest BCUT2D eigenvalue weighted by Crippen LogP contribution is 2.13. The Balaban J connectivity index is 1.83. The number of carbonyl (C=O) groups excluding carboxylic acids is 1. The highest BCUT2D eigenvalue weighted by molar-refractivity contribution is 5.78. The fourth-order valence-electron chi connectivity index (χ4n) is 2.08. The Morgan fingerprint density at radius 1 is 1.37 bits per heavy atom. The smallest absolute Gasteiger partial charge is 0.260 e. The molecule has 5 nitrogen and oxygen atoms in total. The fraction of sp³-hybridized carbons (Fsp3) is 0.500. The average Bonchev–Trinajstić information content (AvgIpc) is 2.41. The van der Waals surface area contributed by atoms with E-state index in [0.29, 0.717) is 17.5 Å². The number of hydrogen-bond acceptors (Lipinski definition) is 4. The first kappa shape index (κ1) is 13.7. The highest BCUT2D eigenvalue weighted by Gasteiger charge is 2.24. The molecule has 0 aliphatic carbocycles. The van der Waals surface area contributed by atoms with Gasteiger partial charge in [0.05, 0.1) is 0 Å². The number of piperazine rings is 1. The molecule has 1 aromatic carbocycles. The summed E-state index contributed by atoms with van der Waals surface area (Å²) in [6.45, 7) is 4.65. The molecular weight excluding hydrogens is 242 g/mol. The van der Waals surface area contributed by atoms with Gasteiger partial charge in [0.1, 0.15) is 5.75 Å². The lowest BCUT2D eigenvalue weighted by molar-refractivity contribution is -0.135. The second-order valence-corrected chi connectivity index (χ2v) is 5.03. The van der Waals surface area contributed by atoms with Crippen molar-refractivity contribution in [3.8, 4) is 5.75 Å². The standard InChI is InChI=1S/C14H21N3O2/c1-11-9-17(8-7-16(11)2)14(18)10-19-13-5-3-12(15)4-6-13/h3-6,11H,7-10,15H2,1-2H3. The number of nitrogens with two attached hydrogens (primary N) is 1. The molecule has 1 amide bonds. The zero-order valence-corrected chi connectivity index (χ0v) is 11.5. The minimum absolute atomic E-state index is 0.0387. The minimum Gasteiger partial charge on any atom is -0.484 e. The molecule has 104 valence electrons. The van der Waals surface area contributed by atoms with Crippen LogP contribution in [0.15, 0.2) is 24.3 Å². The first-order valence-corrected chi connectivity index (χ1v) is 6.52. The van der Waals surface area contributed by atoms with Crippen LogP contribution in [0.2, 0.25) is 0 Å². The fourth-order valence-corrected chi connectivity index (χ4v) is 2.08. The average molecular weight is 263 g/mol. The van der Waals surface area contributed by atoms with Crippen molar-refractivity contribution in [1.82, 2.24) is 9.80 Å². The third-order valence-electron chi connectivity index (χ3n) is 3.55. The predicted molar refractivity (Wildman–Crippen MR) is 75.0 cm³/mol. The van der Waals surface area contributed by atoms with Crippen molar-refractivity contribution < 1.29 is 9.53 Å². The molecule has 1 atom stereocenters. The summed E-state index contributed by atoms with van der Waals surface area (Å²) in [5, 5.41) is 0. The summed E-state index contributed by atoms with van der Waals surface area (Å²) < 4.78 is 5.48. The Labute approximate surface area is 113 Å². The summed E-state index contributed by atoms with van der Waals surface area (Å²) in [5.74, 6) is 0.710. The van der Waals surface area contributed by atoms with Gasteiger partial charge in [0.25, 0.3) is 5.91 Å². The van der Waals surface area contributed by atoms with Crippen LogP contribution in [-0.4, -0.2) is 55.0 Å². The van der Waals surface area contributed by atoms with Crippen molar-refractivity contribution in [2.24, 2.45) is 0 Å². The number of nitrogens with zero attached hydrogens (tertiary/aromatic N) is 2. The number of hydrogen-bond donors (Lipinski definition) is 1. The second-order valence-electron chi connectivity index (χ2n) is 5.03. The van der Waals surface area contributed by atoms with E-state index in [1.807, 2.05) is 4.90 Å². The number of carbonyl (C=O) groups is 1. The molecule has 1 aliphatic rings. The van der Waals surface area contributed by atoms with Crippen LogP contribution >= 0.6 is 0 Å². The first-order valence-electron chi connectivity index (χ1n) is 6.52. The van der Waals surface area contributed by atoms with E-state index >= 15 is 0 Å². The molecule has 5 heteroatoms. The highest BCUT2D eigenvalue weighted by atomic mass is 16.5.